The molecule has 0 atom stereocenters. The molecule has 1 aliphatic heterocycles. The van der Waals surface area contributed by atoms with Gasteiger partial charge >= 0.3 is 0 Å². The zero-order valence-electron chi connectivity index (χ0n) is 10.9. The van der Waals surface area contributed by atoms with Crippen molar-refractivity contribution in [3.8, 4) is 0 Å². The maximum Gasteiger partial charge on any atom is 0.245 e. The van der Waals surface area contributed by atoms with Crippen LogP contribution in [-0.4, -0.2) is 12.7 Å². The highest BCUT2D eigenvalue weighted by molar-refractivity contribution is 7.89. The van der Waals surface area contributed by atoms with E-state index in [0.717, 1.165) is 11.1 Å². The third kappa shape index (κ3) is 2.62. The molecular formula is C14H12Cl2N2O2S. The summed E-state index contributed by atoms with van der Waals surface area (Å²) in [5.74, 6) is 0. The first kappa shape index (κ1) is 14.7. The zero-order chi connectivity index (χ0) is 15.2. The van der Waals surface area contributed by atoms with Gasteiger partial charge in [0.05, 0.1) is 5.02 Å². The van der Waals surface area contributed by atoms with Gasteiger partial charge in [0.25, 0.3) is 0 Å². The lowest BCUT2D eigenvalue weighted by molar-refractivity contribution is 0.431. The molecule has 0 aromatic heterocycles. The smallest absolute Gasteiger partial charge is 0.245 e. The monoisotopic (exact) mass is 342 g/mol. The summed E-state index contributed by atoms with van der Waals surface area (Å²) in [5, 5.41) is 0.494. The van der Waals surface area contributed by atoms with Gasteiger partial charge in [-0.1, -0.05) is 29.3 Å². The molecule has 2 aromatic rings. The highest BCUT2D eigenvalue weighted by Crippen LogP contribution is 2.33. The van der Waals surface area contributed by atoms with E-state index in [-0.39, 0.29) is 16.5 Å². The Labute approximate surface area is 133 Å². The minimum atomic E-state index is -3.70. The number of sulfonamides is 1. The minimum Gasteiger partial charge on any atom is -0.399 e. The summed E-state index contributed by atoms with van der Waals surface area (Å²) < 4.78 is 26.8. The molecule has 0 unspecified atom stereocenters. The predicted octanol–water partition coefficient (Wildman–Crippen LogP) is 3.28. The van der Waals surface area contributed by atoms with Gasteiger partial charge in [-0.15, -0.1) is 0 Å². The molecule has 0 aliphatic carbocycles. The molecule has 0 saturated carbocycles. The molecule has 1 heterocycles. The van der Waals surface area contributed by atoms with Crippen LogP contribution in [0.3, 0.4) is 0 Å². The lowest BCUT2D eigenvalue weighted by Crippen LogP contribution is -2.25. The number of nitrogens with two attached hydrogens (primary N) is 1. The lowest BCUT2D eigenvalue weighted by atomic mass is 10.1. The van der Waals surface area contributed by atoms with Crippen LogP contribution in [0, 0.1) is 0 Å². The fraction of sp³-hybridized carbons (Fsp3) is 0.143. The van der Waals surface area contributed by atoms with Gasteiger partial charge in [-0.05, 0) is 41.5 Å². The van der Waals surface area contributed by atoms with E-state index in [9.17, 15) is 8.42 Å². The number of fused-ring (bicyclic) bond motifs is 1. The first-order valence-electron chi connectivity index (χ1n) is 6.20. The predicted molar refractivity (Wildman–Crippen MR) is 83.7 cm³/mol. The van der Waals surface area contributed by atoms with Gasteiger partial charge in [-0.25, -0.2) is 8.42 Å². The van der Waals surface area contributed by atoms with E-state index < -0.39 is 10.0 Å². The number of nitrogens with zero attached hydrogens (tertiary/aromatic N) is 1. The molecule has 0 fully saturated rings. The third-order valence-corrected chi connectivity index (χ3v) is 5.94. The Morgan fingerprint density at radius 1 is 1.00 bits per heavy atom. The molecule has 0 spiro atoms. The van der Waals surface area contributed by atoms with Crippen LogP contribution >= 0.6 is 23.2 Å². The quantitative estimate of drug-likeness (QED) is 0.851. The fourth-order valence-corrected chi connectivity index (χ4v) is 4.50. The van der Waals surface area contributed by atoms with Crippen LogP contribution in [-0.2, 0) is 23.1 Å². The van der Waals surface area contributed by atoms with Crippen LogP contribution in [0.2, 0.25) is 10.0 Å². The second kappa shape index (κ2) is 5.18. The Hall–Kier alpha value is -1.27. The molecule has 21 heavy (non-hydrogen) atoms. The molecule has 0 amide bonds. The van der Waals surface area contributed by atoms with E-state index in [4.69, 9.17) is 28.9 Å². The van der Waals surface area contributed by atoms with Gasteiger partial charge in [0.1, 0.15) is 4.90 Å². The Balaban J connectivity index is 2.00. The summed E-state index contributed by atoms with van der Waals surface area (Å²) in [6, 6.07) is 9.82. The average molecular weight is 343 g/mol. The van der Waals surface area contributed by atoms with Gasteiger partial charge < -0.3 is 5.73 Å². The van der Waals surface area contributed by atoms with Crippen LogP contribution < -0.4 is 5.73 Å². The molecule has 0 radical (unpaired) electrons. The van der Waals surface area contributed by atoms with Gasteiger partial charge in [0.2, 0.25) is 10.0 Å². The number of hydrogen-bond acceptors (Lipinski definition) is 3. The molecule has 7 heteroatoms. The number of halogens is 2. The van der Waals surface area contributed by atoms with E-state index in [1.807, 2.05) is 6.07 Å². The van der Waals surface area contributed by atoms with Gasteiger partial charge in [0, 0.05) is 23.8 Å². The molecule has 0 saturated heterocycles. The largest absolute Gasteiger partial charge is 0.399 e. The second-order valence-corrected chi connectivity index (χ2v) is 7.63. The SMILES string of the molecule is Nc1ccc2c(c1)CN(S(=O)(=O)c1cc(Cl)ccc1Cl)C2. The molecule has 2 aromatic carbocycles. The van der Waals surface area contributed by atoms with Crippen molar-refractivity contribution >= 4 is 38.9 Å². The van der Waals surface area contributed by atoms with Crippen molar-refractivity contribution in [2.24, 2.45) is 0 Å². The van der Waals surface area contributed by atoms with Crippen molar-refractivity contribution in [3.05, 3.63) is 57.6 Å². The van der Waals surface area contributed by atoms with E-state index >= 15 is 0 Å². The standard InChI is InChI=1S/C14H12Cl2N2O2S/c15-11-2-4-13(16)14(6-11)21(19,20)18-7-9-1-3-12(17)5-10(9)8-18/h1-6H,7-8,17H2. The van der Waals surface area contributed by atoms with Gasteiger partial charge in [-0.2, -0.15) is 4.31 Å². The van der Waals surface area contributed by atoms with Crippen LogP contribution in [0.15, 0.2) is 41.3 Å². The molecule has 3 rings (SSSR count). The van der Waals surface area contributed by atoms with Crippen LogP contribution in [0.4, 0.5) is 5.69 Å². The third-order valence-electron chi connectivity index (χ3n) is 3.43. The van der Waals surface area contributed by atoms with Gasteiger partial charge in [-0.3, -0.25) is 0 Å². The number of rotatable bonds is 2. The zero-order valence-corrected chi connectivity index (χ0v) is 13.2. The van der Waals surface area contributed by atoms with Crippen molar-refractivity contribution in [2.45, 2.75) is 18.0 Å². The highest BCUT2D eigenvalue weighted by atomic mass is 35.5. The molecule has 110 valence electrons. The number of nitrogen functional groups attached to an aromatic ring is 1. The average Bonchev–Trinajstić information content (AvgIpc) is 2.85. The van der Waals surface area contributed by atoms with E-state index in [1.54, 1.807) is 18.2 Å². The summed E-state index contributed by atoms with van der Waals surface area (Å²) in [7, 11) is -3.70. The van der Waals surface area contributed by atoms with E-state index in [0.29, 0.717) is 17.3 Å². The Kier molecular flexibility index (Phi) is 3.61. The van der Waals surface area contributed by atoms with Crippen molar-refractivity contribution in [2.75, 3.05) is 5.73 Å². The summed E-state index contributed by atoms with van der Waals surface area (Å²) in [6.07, 6.45) is 0. The maximum absolute atomic E-state index is 12.7. The number of hydrogen-bond donors (Lipinski definition) is 1. The van der Waals surface area contributed by atoms with Crippen molar-refractivity contribution in [3.63, 3.8) is 0 Å². The number of benzene rings is 2. The molecule has 1 aliphatic rings. The van der Waals surface area contributed by atoms with E-state index in [1.165, 1.54) is 16.4 Å². The Morgan fingerprint density at radius 3 is 2.48 bits per heavy atom. The normalized spacial score (nSPS) is 15.1. The molecular weight excluding hydrogens is 331 g/mol. The van der Waals surface area contributed by atoms with Gasteiger partial charge in [0.15, 0.2) is 0 Å². The molecule has 0 bridgehead atoms. The summed E-state index contributed by atoms with van der Waals surface area (Å²) in [5.41, 5.74) is 8.22. The Morgan fingerprint density at radius 2 is 1.71 bits per heavy atom. The lowest BCUT2D eigenvalue weighted by Gasteiger charge is -2.16. The van der Waals surface area contributed by atoms with Crippen LogP contribution in [0.25, 0.3) is 0 Å². The van der Waals surface area contributed by atoms with Crippen molar-refractivity contribution in [1.82, 2.24) is 4.31 Å². The van der Waals surface area contributed by atoms with E-state index in [2.05, 4.69) is 0 Å². The highest BCUT2D eigenvalue weighted by Gasteiger charge is 2.32. The summed E-state index contributed by atoms with van der Waals surface area (Å²) in [4.78, 5) is 0.0254. The fourth-order valence-electron chi connectivity index (χ4n) is 2.37. The maximum atomic E-state index is 12.7. The number of anilines is 1. The molecule has 2 N–H and O–H groups in total. The first-order chi connectivity index (χ1) is 9.88. The first-order valence-corrected chi connectivity index (χ1v) is 8.40. The van der Waals surface area contributed by atoms with Crippen LogP contribution in [0.1, 0.15) is 11.1 Å². The second-order valence-electron chi connectivity index (χ2n) is 4.88. The Bertz CT molecular complexity index is 822. The minimum absolute atomic E-state index is 0.0254. The summed E-state index contributed by atoms with van der Waals surface area (Å²) >= 11 is 11.9. The van der Waals surface area contributed by atoms with Crippen molar-refractivity contribution in [1.29, 1.82) is 0 Å². The van der Waals surface area contributed by atoms with Crippen molar-refractivity contribution < 1.29 is 8.42 Å². The van der Waals surface area contributed by atoms with Crippen LogP contribution in [0.5, 0.6) is 0 Å². The summed E-state index contributed by atoms with van der Waals surface area (Å²) in [6.45, 7) is 0.590. The topological polar surface area (TPSA) is 63.4 Å². The molecule has 4 nitrogen and oxygen atoms in total.